The number of hydrogen-bond acceptors (Lipinski definition) is 7. The van der Waals surface area contributed by atoms with Gasteiger partial charge in [-0.3, -0.25) is 0 Å². The lowest BCUT2D eigenvalue weighted by Crippen LogP contribution is -2.41. The lowest BCUT2D eigenvalue weighted by Gasteiger charge is -2.26. The lowest BCUT2D eigenvalue weighted by molar-refractivity contribution is 0.600. The van der Waals surface area contributed by atoms with Gasteiger partial charge >= 0.3 is 0 Å². The highest BCUT2D eigenvalue weighted by Gasteiger charge is 2.47. The van der Waals surface area contributed by atoms with Crippen molar-refractivity contribution in [1.29, 1.82) is 5.26 Å². The van der Waals surface area contributed by atoms with Crippen molar-refractivity contribution >= 4 is 35.3 Å². The molecule has 1 fully saturated rings. The van der Waals surface area contributed by atoms with Gasteiger partial charge in [0.1, 0.15) is 6.04 Å². The van der Waals surface area contributed by atoms with Crippen molar-refractivity contribution in [2.45, 2.75) is 43.9 Å². The summed E-state index contributed by atoms with van der Waals surface area (Å²) in [6.07, 6.45) is 0. The van der Waals surface area contributed by atoms with Gasteiger partial charge in [-0.25, -0.2) is 0 Å². The van der Waals surface area contributed by atoms with Gasteiger partial charge in [-0.2, -0.15) is 20.2 Å². The van der Waals surface area contributed by atoms with Gasteiger partial charge in [0, 0.05) is 11.3 Å². The largest absolute Gasteiger partial charge is 0.354 e. The van der Waals surface area contributed by atoms with Gasteiger partial charge in [-0.1, -0.05) is 0 Å². The molecule has 2 heterocycles. The number of nitriles is 1. The molecule has 1 aliphatic heterocycles. The maximum atomic E-state index is 9.47. The van der Waals surface area contributed by atoms with Crippen molar-refractivity contribution in [2.24, 2.45) is 0 Å². The van der Waals surface area contributed by atoms with Crippen LogP contribution >= 0.6 is 23.4 Å². The summed E-state index contributed by atoms with van der Waals surface area (Å²) >= 11 is 7.68. The quantitative estimate of drug-likeness (QED) is 0.918. The van der Waals surface area contributed by atoms with E-state index < -0.39 is 0 Å². The third kappa shape index (κ3) is 2.76. The Morgan fingerprint density at radius 1 is 1.45 bits per heavy atom. The highest BCUT2D eigenvalue weighted by molar-refractivity contribution is 8.01. The molecule has 0 aliphatic carbocycles. The summed E-state index contributed by atoms with van der Waals surface area (Å²) in [6, 6.07) is 2.04. The Morgan fingerprint density at radius 2 is 2.15 bits per heavy atom. The van der Waals surface area contributed by atoms with E-state index in [1.165, 1.54) is 0 Å². The van der Waals surface area contributed by atoms with E-state index in [4.69, 9.17) is 11.6 Å². The van der Waals surface area contributed by atoms with Crippen LogP contribution in [0.4, 0.5) is 11.9 Å². The Balaban J connectivity index is 2.42. The second kappa shape index (κ2) is 5.62. The van der Waals surface area contributed by atoms with Crippen molar-refractivity contribution in [3.8, 4) is 6.07 Å². The van der Waals surface area contributed by atoms with Crippen LogP contribution in [0, 0.1) is 11.3 Å². The number of anilines is 2. The summed E-state index contributed by atoms with van der Waals surface area (Å²) in [5.74, 6) is 0.874. The molecule has 2 rings (SSSR count). The van der Waals surface area contributed by atoms with Crippen LogP contribution in [0.1, 0.15) is 27.7 Å². The molecule has 1 saturated heterocycles. The summed E-state index contributed by atoms with van der Waals surface area (Å²) in [6.45, 7) is 8.78. The Hall–Kier alpha value is -1.26. The van der Waals surface area contributed by atoms with E-state index in [9.17, 15) is 5.26 Å². The minimum absolute atomic E-state index is 0.0996. The average Bonchev–Trinajstić information content (AvgIpc) is 2.57. The molecule has 0 spiro atoms. The molecule has 20 heavy (non-hydrogen) atoms. The van der Waals surface area contributed by atoms with E-state index in [0.29, 0.717) is 18.4 Å². The molecule has 8 heteroatoms. The highest BCUT2D eigenvalue weighted by Crippen LogP contribution is 2.45. The summed E-state index contributed by atoms with van der Waals surface area (Å²) in [7, 11) is 0. The average molecular weight is 313 g/mol. The molecule has 0 bridgehead atoms. The normalized spacial score (nSPS) is 24.5. The minimum atomic E-state index is -0.310. The number of nitrogens with zero attached hydrogens (tertiary/aromatic N) is 5. The van der Waals surface area contributed by atoms with E-state index in [1.807, 2.05) is 18.7 Å². The second-order valence-electron chi connectivity index (χ2n) is 5.02. The second-order valence-corrected chi connectivity index (χ2v) is 7.33. The summed E-state index contributed by atoms with van der Waals surface area (Å²) in [4.78, 5) is 14.5. The number of hydrogen-bond donors (Lipinski definition) is 1. The molecule has 0 amide bonds. The van der Waals surface area contributed by atoms with Crippen molar-refractivity contribution in [3.63, 3.8) is 0 Å². The Bertz CT molecular complexity index is 543. The predicted molar refractivity (Wildman–Crippen MR) is 82.0 cm³/mol. The third-order valence-electron chi connectivity index (χ3n) is 3.09. The topological polar surface area (TPSA) is 77.7 Å². The Labute approximate surface area is 127 Å². The van der Waals surface area contributed by atoms with Gasteiger partial charge in [0.15, 0.2) is 0 Å². The fourth-order valence-corrected chi connectivity index (χ4v) is 3.95. The van der Waals surface area contributed by atoms with Crippen LogP contribution in [0.2, 0.25) is 5.28 Å². The van der Waals surface area contributed by atoms with E-state index in [1.54, 1.807) is 11.8 Å². The van der Waals surface area contributed by atoms with Crippen LogP contribution in [0.3, 0.4) is 0 Å². The number of aromatic nitrogens is 3. The molecule has 0 aromatic carbocycles. The number of rotatable bonds is 3. The molecular formula is C12H17ClN6S. The van der Waals surface area contributed by atoms with Gasteiger partial charge in [0.05, 0.1) is 11.4 Å². The molecule has 108 valence electrons. The zero-order chi connectivity index (χ0) is 14.9. The van der Waals surface area contributed by atoms with Crippen LogP contribution in [0.25, 0.3) is 0 Å². The smallest absolute Gasteiger partial charge is 0.233 e. The van der Waals surface area contributed by atoms with Gasteiger partial charge in [-0.05, 0) is 39.3 Å². The molecule has 1 aromatic heterocycles. The van der Waals surface area contributed by atoms with E-state index >= 15 is 0 Å². The first-order chi connectivity index (χ1) is 9.39. The van der Waals surface area contributed by atoms with Crippen molar-refractivity contribution in [3.05, 3.63) is 5.28 Å². The van der Waals surface area contributed by atoms with Crippen LogP contribution in [0.5, 0.6) is 0 Å². The standard InChI is InChI=1S/C12H17ClN6S/c1-5-15-10-16-9(13)17-11(18-10)19-7(2)20-12(3,4)8(19)6-14/h7-8H,5H2,1-4H3,(H,15,16,17,18). The summed E-state index contributed by atoms with van der Waals surface area (Å²) < 4.78 is -0.189. The van der Waals surface area contributed by atoms with Crippen LogP contribution < -0.4 is 10.2 Å². The Kier molecular flexibility index (Phi) is 4.25. The Morgan fingerprint density at radius 3 is 2.75 bits per heavy atom. The fourth-order valence-electron chi connectivity index (χ4n) is 2.29. The maximum absolute atomic E-state index is 9.47. The highest BCUT2D eigenvalue weighted by atomic mass is 35.5. The molecule has 2 unspecified atom stereocenters. The molecule has 1 N–H and O–H groups in total. The van der Waals surface area contributed by atoms with E-state index in [-0.39, 0.29) is 21.4 Å². The molecule has 1 aliphatic rings. The molecular weight excluding hydrogens is 296 g/mol. The van der Waals surface area contributed by atoms with Crippen molar-refractivity contribution < 1.29 is 0 Å². The maximum Gasteiger partial charge on any atom is 0.233 e. The van der Waals surface area contributed by atoms with Crippen molar-refractivity contribution in [2.75, 3.05) is 16.8 Å². The van der Waals surface area contributed by atoms with E-state index in [0.717, 1.165) is 0 Å². The lowest BCUT2D eigenvalue weighted by atomic mass is 10.0. The molecule has 2 atom stereocenters. The van der Waals surface area contributed by atoms with Gasteiger partial charge in [0.2, 0.25) is 17.2 Å². The van der Waals surface area contributed by atoms with Gasteiger partial charge in [-0.15, -0.1) is 11.8 Å². The first kappa shape index (κ1) is 15.1. The van der Waals surface area contributed by atoms with Gasteiger partial charge in [0.25, 0.3) is 0 Å². The zero-order valence-electron chi connectivity index (χ0n) is 11.9. The van der Waals surface area contributed by atoms with Crippen LogP contribution in [-0.4, -0.2) is 37.7 Å². The number of halogens is 1. The summed E-state index contributed by atoms with van der Waals surface area (Å²) in [5.41, 5.74) is 0. The van der Waals surface area contributed by atoms with Gasteiger partial charge < -0.3 is 10.2 Å². The van der Waals surface area contributed by atoms with Crippen LogP contribution in [-0.2, 0) is 0 Å². The fraction of sp³-hybridized carbons (Fsp3) is 0.667. The van der Waals surface area contributed by atoms with Crippen LogP contribution in [0.15, 0.2) is 0 Å². The minimum Gasteiger partial charge on any atom is -0.354 e. The molecule has 0 radical (unpaired) electrons. The SMILES string of the molecule is CCNc1nc(Cl)nc(N2C(C)SC(C)(C)C2C#N)n1. The monoisotopic (exact) mass is 312 g/mol. The van der Waals surface area contributed by atoms with E-state index in [2.05, 4.69) is 40.2 Å². The summed E-state index contributed by atoms with van der Waals surface area (Å²) in [5, 5.41) is 12.7. The van der Waals surface area contributed by atoms with Crippen molar-refractivity contribution in [1.82, 2.24) is 15.0 Å². The first-order valence-corrected chi connectivity index (χ1v) is 7.66. The molecule has 6 nitrogen and oxygen atoms in total. The molecule has 0 saturated carbocycles. The first-order valence-electron chi connectivity index (χ1n) is 6.40. The zero-order valence-corrected chi connectivity index (χ0v) is 13.5. The number of thioether (sulfide) groups is 1. The third-order valence-corrected chi connectivity index (χ3v) is 4.66. The number of nitrogens with one attached hydrogen (secondary N) is 1. The predicted octanol–water partition coefficient (Wildman–Crippen LogP) is 2.53. The molecule has 1 aromatic rings.